The number of aromatic nitrogens is 1. The molecular formula is C9H13ClN2O2S. The van der Waals surface area contributed by atoms with E-state index in [9.17, 15) is 8.42 Å². The molecule has 4 nitrogen and oxygen atoms in total. The molecule has 0 aliphatic rings. The van der Waals surface area contributed by atoms with Crippen LogP contribution in [0.15, 0.2) is 29.4 Å². The van der Waals surface area contributed by atoms with Gasteiger partial charge in [-0.2, -0.15) is 4.31 Å². The van der Waals surface area contributed by atoms with Gasteiger partial charge in [-0.1, -0.05) is 0 Å². The van der Waals surface area contributed by atoms with Crippen LogP contribution in [0.25, 0.3) is 0 Å². The van der Waals surface area contributed by atoms with Crippen molar-refractivity contribution in [2.45, 2.75) is 17.9 Å². The summed E-state index contributed by atoms with van der Waals surface area (Å²) >= 11 is 5.62. The van der Waals surface area contributed by atoms with Crippen molar-refractivity contribution < 1.29 is 8.42 Å². The zero-order valence-electron chi connectivity index (χ0n) is 8.59. The minimum Gasteiger partial charge on any atom is -0.263 e. The Kier molecular flexibility index (Phi) is 4.07. The molecule has 1 heterocycles. The summed E-state index contributed by atoms with van der Waals surface area (Å²) in [5.41, 5.74) is 0. The van der Waals surface area contributed by atoms with Crippen molar-refractivity contribution in [3.8, 4) is 0 Å². The Labute approximate surface area is 94.9 Å². The third-order valence-electron chi connectivity index (χ3n) is 2.16. The van der Waals surface area contributed by atoms with E-state index in [4.69, 9.17) is 11.6 Å². The molecule has 6 heteroatoms. The lowest BCUT2D eigenvalue weighted by Gasteiger charge is -2.22. The zero-order chi connectivity index (χ0) is 11.5. The van der Waals surface area contributed by atoms with Crippen LogP contribution < -0.4 is 0 Å². The van der Waals surface area contributed by atoms with Crippen molar-refractivity contribution in [1.29, 1.82) is 0 Å². The molecule has 1 unspecified atom stereocenters. The molecule has 0 amide bonds. The number of sulfonamides is 1. The minimum absolute atomic E-state index is 0.185. The number of hydrogen-bond acceptors (Lipinski definition) is 3. The molecule has 0 saturated carbocycles. The lowest BCUT2D eigenvalue weighted by atomic mass is 10.4. The number of nitrogens with zero attached hydrogens (tertiary/aromatic N) is 2. The molecule has 0 aliphatic heterocycles. The van der Waals surface area contributed by atoms with Crippen molar-refractivity contribution in [3.05, 3.63) is 24.5 Å². The van der Waals surface area contributed by atoms with Crippen LogP contribution in [0.1, 0.15) is 6.92 Å². The van der Waals surface area contributed by atoms with Crippen molar-refractivity contribution in [1.82, 2.24) is 9.29 Å². The Hall–Kier alpha value is -0.650. The third-order valence-corrected chi connectivity index (χ3v) is 4.56. The van der Waals surface area contributed by atoms with Crippen molar-refractivity contribution in [2.75, 3.05) is 12.9 Å². The van der Waals surface area contributed by atoms with Crippen LogP contribution in [0.5, 0.6) is 0 Å². The van der Waals surface area contributed by atoms with Gasteiger partial charge in [-0.3, -0.25) is 4.98 Å². The van der Waals surface area contributed by atoms with Crippen molar-refractivity contribution in [2.24, 2.45) is 0 Å². The molecule has 1 rings (SSSR count). The van der Waals surface area contributed by atoms with E-state index in [0.29, 0.717) is 0 Å². The average molecular weight is 249 g/mol. The van der Waals surface area contributed by atoms with E-state index in [1.54, 1.807) is 13.0 Å². The van der Waals surface area contributed by atoms with Gasteiger partial charge in [0.2, 0.25) is 10.0 Å². The summed E-state index contributed by atoms with van der Waals surface area (Å²) in [4.78, 5) is 3.96. The summed E-state index contributed by atoms with van der Waals surface area (Å²) < 4.78 is 25.2. The second kappa shape index (κ2) is 4.92. The van der Waals surface area contributed by atoms with Gasteiger partial charge >= 0.3 is 0 Å². The van der Waals surface area contributed by atoms with Crippen LogP contribution in [0, 0.1) is 0 Å². The van der Waals surface area contributed by atoms with E-state index >= 15 is 0 Å². The fourth-order valence-corrected chi connectivity index (χ4v) is 2.61. The summed E-state index contributed by atoms with van der Waals surface area (Å²) in [6, 6.07) is 2.86. The molecule has 0 aliphatic carbocycles. The second-order valence-corrected chi connectivity index (χ2v) is 5.52. The molecule has 1 aromatic heterocycles. The topological polar surface area (TPSA) is 50.3 Å². The van der Waals surface area contributed by atoms with Gasteiger partial charge in [0.15, 0.2) is 0 Å². The van der Waals surface area contributed by atoms with E-state index in [0.717, 1.165) is 0 Å². The predicted molar refractivity (Wildman–Crippen MR) is 59.4 cm³/mol. The highest BCUT2D eigenvalue weighted by Gasteiger charge is 2.24. The Bertz CT molecular complexity index is 407. The summed E-state index contributed by atoms with van der Waals surface area (Å²) in [5.74, 6) is 0.260. The molecule has 1 aromatic rings. The maximum absolute atomic E-state index is 12.0. The van der Waals surface area contributed by atoms with Crippen LogP contribution in [0.4, 0.5) is 0 Å². The quantitative estimate of drug-likeness (QED) is 0.756. The number of rotatable bonds is 4. The lowest BCUT2D eigenvalue weighted by Crippen LogP contribution is -2.36. The monoisotopic (exact) mass is 248 g/mol. The standard InChI is InChI=1S/C9H13ClN2O2S/c1-8(6-10)12(2)15(13,14)9-4-3-5-11-7-9/h3-5,7-8H,6H2,1-2H3. The first kappa shape index (κ1) is 12.4. The van der Waals surface area contributed by atoms with Crippen molar-refractivity contribution in [3.63, 3.8) is 0 Å². The van der Waals surface area contributed by atoms with Crippen LogP contribution in [-0.2, 0) is 10.0 Å². The highest BCUT2D eigenvalue weighted by molar-refractivity contribution is 7.89. The number of pyridine rings is 1. The molecule has 0 radical (unpaired) electrons. The van der Waals surface area contributed by atoms with Crippen LogP contribution >= 0.6 is 11.6 Å². The second-order valence-electron chi connectivity index (χ2n) is 3.21. The first-order chi connectivity index (χ1) is 7.00. The van der Waals surface area contributed by atoms with E-state index < -0.39 is 10.0 Å². The largest absolute Gasteiger partial charge is 0.263 e. The van der Waals surface area contributed by atoms with Crippen LogP contribution in [0.3, 0.4) is 0 Å². The van der Waals surface area contributed by atoms with Crippen LogP contribution in [0.2, 0.25) is 0 Å². The molecule has 15 heavy (non-hydrogen) atoms. The van der Waals surface area contributed by atoms with Gasteiger partial charge in [-0.15, -0.1) is 11.6 Å². The number of hydrogen-bond donors (Lipinski definition) is 0. The highest BCUT2D eigenvalue weighted by Crippen LogP contribution is 2.15. The van der Waals surface area contributed by atoms with Gasteiger partial charge in [-0.05, 0) is 19.1 Å². The Morgan fingerprint density at radius 3 is 2.73 bits per heavy atom. The molecule has 0 N–H and O–H groups in total. The van der Waals surface area contributed by atoms with E-state index in [1.165, 1.54) is 29.8 Å². The molecule has 0 saturated heterocycles. The maximum Gasteiger partial charge on any atom is 0.244 e. The van der Waals surface area contributed by atoms with Gasteiger partial charge < -0.3 is 0 Å². The van der Waals surface area contributed by atoms with Gasteiger partial charge in [-0.25, -0.2) is 8.42 Å². The summed E-state index contributed by atoms with van der Waals surface area (Å²) in [5, 5.41) is 0. The molecular weight excluding hydrogens is 236 g/mol. The predicted octanol–water partition coefficient (Wildman–Crippen LogP) is 1.33. The van der Waals surface area contributed by atoms with Gasteiger partial charge in [0.25, 0.3) is 0 Å². The van der Waals surface area contributed by atoms with Crippen molar-refractivity contribution >= 4 is 21.6 Å². The van der Waals surface area contributed by atoms with E-state index in [1.807, 2.05) is 0 Å². The minimum atomic E-state index is -3.46. The summed E-state index contributed by atoms with van der Waals surface area (Å²) in [6.45, 7) is 1.75. The average Bonchev–Trinajstić information content (AvgIpc) is 2.28. The smallest absolute Gasteiger partial charge is 0.244 e. The molecule has 0 bridgehead atoms. The van der Waals surface area contributed by atoms with E-state index in [2.05, 4.69) is 4.98 Å². The molecule has 1 atom stereocenters. The summed E-state index contributed by atoms with van der Waals surface area (Å²) in [6.07, 6.45) is 2.86. The SMILES string of the molecule is CC(CCl)N(C)S(=O)(=O)c1cccnc1. The molecule has 0 fully saturated rings. The normalized spacial score (nSPS) is 14.1. The fraction of sp³-hybridized carbons (Fsp3) is 0.444. The lowest BCUT2D eigenvalue weighted by molar-refractivity contribution is 0.413. The Morgan fingerprint density at radius 2 is 2.27 bits per heavy atom. The summed E-state index contributed by atoms with van der Waals surface area (Å²) in [7, 11) is -1.95. The Morgan fingerprint density at radius 1 is 1.60 bits per heavy atom. The fourth-order valence-electron chi connectivity index (χ4n) is 1.00. The highest BCUT2D eigenvalue weighted by atomic mass is 35.5. The Balaban J connectivity index is 3.04. The van der Waals surface area contributed by atoms with Gasteiger partial charge in [0.1, 0.15) is 4.90 Å². The number of alkyl halides is 1. The van der Waals surface area contributed by atoms with Crippen LogP contribution in [-0.4, -0.2) is 36.7 Å². The van der Waals surface area contributed by atoms with E-state index in [-0.39, 0.29) is 16.8 Å². The molecule has 84 valence electrons. The first-order valence-corrected chi connectivity index (χ1v) is 6.41. The molecule has 0 aromatic carbocycles. The first-order valence-electron chi connectivity index (χ1n) is 4.44. The zero-order valence-corrected chi connectivity index (χ0v) is 10.2. The van der Waals surface area contributed by atoms with Gasteiger partial charge in [0.05, 0.1) is 0 Å². The third kappa shape index (κ3) is 2.68. The van der Waals surface area contributed by atoms with Gasteiger partial charge in [0, 0.05) is 31.4 Å². The number of halogens is 1. The maximum atomic E-state index is 12.0. The molecule has 0 spiro atoms.